The summed E-state index contributed by atoms with van der Waals surface area (Å²) in [7, 11) is 4.35. The molecule has 7 aromatic carbocycles. The van der Waals surface area contributed by atoms with Crippen LogP contribution in [0.2, 0.25) is 0 Å². The van der Waals surface area contributed by atoms with Crippen LogP contribution in [0.25, 0.3) is 21.5 Å². The summed E-state index contributed by atoms with van der Waals surface area (Å²) in [6.45, 7) is 12.5. The highest BCUT2D eigenvalue weighted by Crippen LogP contribution is 2.48. The van der Waals surface area contributed by atoms with Crippen molar-refractivity contribution in [2.75, 3.05) is 49.3 Å². The fourth-order valence-electron chi connectivity index (χ4n) is 12.3. The number of hydrogen-bond acceptors (Lipinski definition) is 11. The number of allylic oxidation sites excluding steroid dienone is 7. The van der Waals surface area contributed by atoms with Crippen molar-refractivity contribution in [3.8, 4) is 0 Å². The number of likely N-dealkylation sites (N-methyl/N-ethyl adjacent to an activating group) is 1. The van der Waals surface area contributed by atoms with Gasteiger partial charge in [-0.2, -0.15) is 9.69 Å². The number of anilines is 3. The lowest BCUT2D eigenvalue weighted by molar-refractivity contribution is -0.401. The van der Waals surface area contributed by atoms with Crippen LogP contribution in [0.1, 0.15) is 90.7 Å². The zero-order chi connectivity index (χ0) is 57.0. The first-order valence-electron chi connectivity index (χ1n) is 28.7. The van der Waals surface area contributed by atoms with Gasteiger partial charge in [0.15, 0.2) is 5.71 Å². The van der Waals surface area contributed by atoms with Gasteiger partial charge in [-0.05, 0) is 124 Å². The Bertz CT molecular complexity index is 3840. The van der Waals surface area contributed by atoms with E-state index in [4.69, 9.17) is 15.0 Å². The highest BCUT2D eigenvalue weighted by atomic mass is 127. The molecule has 13 nitrogen and oxygen atoms in total. The second-order valence-electron chi connectivity index (χ2n) is 23.1. The molecule has 0 aromatic heterocycles. The number of nitrogens with zero attached hydrogens (tertiary/aromatic N) is 6. The SMILES string of the molecule is CN1C(=CC=C2CCCC(C=CC3=[N+](C)c4ccccc4C3(C)C)=C2NCCCCNC(=O)CCC(=O)OCC2(C)Nc3cccc4c(N=Nc5ccc(N=Nc6ccccc6)c6ccccc56)ccc(c34)N2)C(C)(C)c2ccccc21.[I-]. The van der Waals surface area contributed by atoms with Gasteiger partial charge in [0.05, 0.1) is 34.6 Å². The molecule has 0 fully saturated rings. The number of rotatable bonds is 18. The number of benzene rings is 7. The summed E-state index contributed by atoms with van der Waals surface area (Å²) in [6, 6.07) is 48.8. The summed E-state index contributed by atoms with van der Waals surface area (Å²) >= 11 is 0. The Kier molecular flexibility index (Phi) is 17.2. The first-order chi connectivity index (χ1) is 39.7. The van der Waals surface area contributed by atoms with Gasteiger partial charge in [-0.15, -0.1) is 15.3 Å². The molecule has 11 rings (SSSR count). The molecule has 1 aliphatic carbocycles. The molecule has 1 atom stereocenters. The predicted molar refractivity (Wildman–Crippen MR) is 333 cm³/mol. The number of azo groups is 2. The van der Waals surface area contributed by atoms with Crippen LogP contribution in [-0.2, 0) is 25.2 Å². The maximum Gasteiger partial charge on any atom is 0.306 e. The number of esters is 1. The van der Waals surface area contributed by atoms with Crippen molar-refractivity contribution in [3.05, 3.63) is 204 Å². The van der Waals surface area contributed by atoms with Crippen LogP contribution in [-0.4, -0.2) is 61.6 Å². The lowest BCUT2D eigenvalue weighted by atomic mass is 9.81. The minimum atomic E-state index is -0.807. The molecule has 3 heterocycles. The molecule has 1 unspecified atom stereocenters. The van der Waals surface area contributed by atoms with E-state index in [1.54, 1.807) is 0 Å². The molecular weight excluding hydrogens is 1140 g/mol. The van der Waals surface area contributed by atoms with Crippen molar-refractivity contribution in [2.45, 2.75) is 96.1 Å². The van der Waals surface area contributed by atoms with Crippen LogP contribution in [0, 0.1) is 0 Å². The molecule has 7 aromatic rings. The standard InChI is InChI=1S/C69H72N10O3.HI/c1-67(2)52-28-13-15-31-59(52)78(6)61(67)39-33-46-21-19-22-47(34-40-62-68(3,4)53-29-14-16-32-60(53)79(62)7)66(46)71-44-18-17-43-70-63(80)41-42-64(81)82-45-69(5)72-57-30-20-27-51-56(37-38-58(73-69)65(51)57)77-76-55-36-35-54(49-25-11-12-26-50(49)55)75-74-48-23-9-8-10-24-48;/h8-16,20,23-40H,17-19,21-22,41-45H2,1-7H3,(H3,70,72,73,74,76,80);1H. The molecule has 0 radical (unpaired) electrons. The first kappa shape index (κ1) is 58.0. The van der Waals surface area contributed by atoms with Gasteiger partial charge >= 0.3 is 5.97 Å². The molecule has 83 heavy (non-hydrogen) atoms. The number of carbonyl (C=O) groups is 2. The van der Waals surface area contributed by atoms with Gasteiger partial charge in [0.25, 0.3) is 0 Å². The first-order valence-corrected chi connectivity index (χ1v) is 28.7. The van der Waals surface area contributed by atoms with Crippen LogP contribution in [0.3, 0.4) is 0 Å². The molecular formula is C69H73IN10O3. The maximum absolute atomic E-state index is 13.1. The molecule has 0 saturated heterocycles. The molecule has 1 amide bonds. The highest BCUT2D eigenvalue weighted by Gasteiger charge is 2.43. The third-order valence-electron chi connectivity index (χ3n) is 16.6. The van der Waals surface area contributed by atoms with Crippen molar-refractivity contribution in [1.29, 1.82) is 0 Å². The smallest absolute Gasteiger partial charge is 0.306 e. The van der Waals surface area contributed by atoms with E-state index in [9.17, 15) is 9.59 Å². The minimum absolute atomic E-state index is 0. The van der Waals surface area contributed by atoms with E-state index in [0.29, 0.717) is 12.2 Å². The summed E-state index contributed by atoms with van der Waals surface area (Å²) in [6.07, 6.45) is 14.1. The fraction of sp³-hybridized carbons (Fsp3) is 0.290. The van der Waals surface area contributed by atoms with Gasteiger partial charge < -0.3 is 54.9 Å². The van der Waals surface area contributed by atoms with Crippen molar-refractivity contribution in [3.63, 3.8) is 0 Å². The Hall–Kier alpha value is -8.24. The number of ether oxygens (including phenoxy) is 1. The quantitative estimate of drug-likeness (QED) is 0.0220. The van der Waals surface area contributed by atoms with E-state index in [0.717, 1.165) is 88.6 Å². The van der Waals surface area contributed by atoms with Crippen molar-refractivity contribution < 1.29 is 42.9 Å². The third kappa shape index (κ3) is 12.2. The number of carbonyl (C=O) groups excluding carboxylic acids is 2. The van der Waals surface area contributed by atoms with E-state index < -0.39 is 11.6 Å². The normalized spacial score (nSPS) is 18.7. The fourth-order valence-corrected chi connectivity index (χ4v) is 12.3. The Morgan fingerprint density at radius 2 is 1.28 bits per heavy atom. The third-order valence-corrected chi connectivity index (χ3v) is 16.6. The number of para-hydroxylation sites is 2. The van der Waals surface area contributed by atoms with Gasteiger partial charge in [0.1, 0.15) is 19.3 Å². The van der Waals surface area contributed by atoms with E-state index in [1.807, 2.05) is 104 Å². The lowest BCUT2D eigenvalue weighted by Gasteiger charge is -2.38. The average molecular weight is 1220 g/mol. The van der Waals surface area contributed by atoms with Crippen LogP contribution in [0.4, 0.5) is 45.5 Å². The summed E-state index contributed by atoms with van der Waals surface area (Å²) in [5, 5.41) is 36.2. The van der Waals surface area contributed by atoms with Gasteiger partial charge in [-0.25, -0.2) is 0 Å². The molecule has 0 spiro atoms. The molecule has 14 heteroatoms. The van der Waals surface area contributed by atoms with Gasteiger partial charge in [-0.3, -0.25) is 9.59 Å². The van der Waals surface area contributed by atoms with Gasteiger partial charge in [-0.1, -0.05) is 117 Å². The molecule has 424 valence electrons. The molecule has 0 bridgehead atoms. The van der Waals surface area contributed by atoms with E-state index >= 15 is 0 Å². The average Bonchev–Trinajstić information content (AvgIpc) is 4.07. The summed E-state index contributed by atoms with van der Waals surface area (Å²) in [5.74, 6) is -0.608. The number of hydrogen-bond donors (Lipinski definition) is 4. The Labute approximate surface area is 504 Å². The Morgan fingerprint density at radius 3 is 2.01 bits per heavy atom. The topological polar surface area (TPSA) is 147 Å². The maximum atomic E-state index is 13.1. The summed E-state index contributed by atoms with van der Waals surface area (Å²) < 4.78 is 8.14. The summed E-state index contributed by atoms with van der Waals surface area (Å²) in [4.78, 5) is 28.5. The zero-order valence-corrected chi connectivity index (χ0v) is 50.7. The Morgan fingerprint density at radius 1 is 0.651 bits per heavy atom. The van der Waals surface area contributed by atoms with Crippen LogP contribution >= 0.6 is 0 Å². The highest BCUT2D eigenvalue weighted by molar-refractivity contribution is 6.10. The number of amides is 1. The number of fused-ring (bicyclic) bond motifs is 3. The van der Waals surface area contributed by atoms with Crippen LogP contribution in [0.15, 0.2) is 213 Å². The number of halogens is 1. The Balaban J connectivity index is 0.00000769. The second kappa shape index (κ2) is 24.7. The summed E-state index contributed by atoms with van der Waals surface area (Å²) in [5.41, 5.74) is 15.2. The largest absolute Gasteiger partial charge is 1.00 e. The molecule has 0 saturated carbocycles. The predicted octanol–water partition coefficient (Wildman–Crippen LogP) is 13.1. The van der Waals surface area contributed by atoms with E-state index in [-0.39, 0.29) is 60.2 Å². The second-order valence-corrected chi connectivity index (χ2v) is 23.1. The van der Waals surface area contributed by atoms with E-state index in [1.165, 1.54) is 50.8 Å². The lowest BCUT2D eigenvalue weighted by Crippen LogP contribution is -3.00. The monoisotopic (exact) mass is 1220 g/mol. The van der Waals surface area contributed by atoms with Crippen molar-refractivity contribution >= 4 is 84.6 Å². The van der Waals surface area contributed by atoms with Crippen molar-refractivity contribution in [2.24, 2.45) is 20.5 Å². The van der Waals surface area contributed by atoms with Crippen LogP contribution in [0.5, 0.6) is 0 Å². The number of nitrogens with one attached hydrogen (secondary N) is 4. The van der Waals surface area contributed by atoms with Crippen molar-refractivity contribution in [1.82, 2.24) is 10.6 Å². The molecule has 4 aliphatic rings. The molecule has 3 aliphatic heterocycles. The zero-order valence-electron chi connectivity index (χ0n) is 48.5. The van der Waals surface area contributed by atoms with E-state index in [2.05, 4.69) is 156 Å². The molecule has 4 N–H and O–H groups in total. The van der Waals surface area contributed by atoms with Gasteiger partial charge in [0.2, 0.25) is 11.6 Å². The van der Waals surface area contributed by atoms with Gasteiger partial charge in [0, 0.05) is 99.7 Å². The number of unbranched alkanes of at least 4 members (excludes halogenated alkanes) is 1. The minimum Gasteiger partial charge on any atom is -1.00 e. The van der Waals surface area contributed by atoms with Crippen LogP contribution < -0.4 is 50.1 Å².